The van der Waals surface area contributed by atoms with Crippen LogP contribution in [-0.2, 0) is 11.2 Å². The molecule has 1 aliphatic carbocycles. The Morgan fingerprint density at radius 1 is 1.44 bits per heavy atom. The van der Waals surface area contributed by atoms with E-state index in [0.717, 1.165) is 18.8 Å². The first-order valence-corrected chi connectivity index (χ1v) is 6.28. The Morgan fingerprint density at radius 3 is 3.25 bits per heavy atom. The van der Waals surface area contributed by atoms with Crippen molar-refractivity contribution in [3.8, 4) is 5.75 Å². The third-order valence-corrected chi connectivity index (χ3v) is 3.65. The first-order chi connectivity index (χ1) is 7.88. The minimum absolute atomic E-state index is 0.0316. The molecule has 0 aromatic heterocycles. The van der Waals surface area contributed by atoms with Crippen molar-refractivity contribution in [3.63, 3.8) is 0 Å². The summed E-state index contributed by atoms with van der Waals surface area (Å²) in [6, 6.07) is 6.43. The highest BCUT2D eigenvalue weighted by Crippen LogP contribution is 2.44. The molecule has 0 unspecified atom stereocenters. The van der Waals surface area contributed by atoms with E-state index in [4.69, 9.17) is 9.47 Å². The Hall–Kier alpha value is -1.02. The van der Waals surface area contributed by atoms with Crippen molar-refractivity contribution >= 4 is 0 Å². The van der Waals surface area contributed by atoms with Gasteiger partial charge in [0.15, 0.2) is 6.29 Å². The van der Waals surface area contributed by atoms with Gasteiger partial charge < -0.3 is 9.47 Å². The fourth-order valence-corrected chi connectivity index (χ4v) is 3.00. The molecule has 1 heterocycles. The van der Waals surface area contributed by atoms with Gasteiger partial charge in [-0.15, -0.1) is 0 Å². The summed E-state index contributed by atoms with van der Waals surface area (Å²) in [7, 11) is 0. The molecule has 1 aromatic rings. The van der Waals surface area contributed by atoms with Gasteiger partial charge in [-0.3, -0.25) is 0 Å². The molecular formula is C14H18O2. The van der Waals surface area contributed by atoms with Crippen LogP contribution in [0.25, 0.3) is 0 Å². The first kappa shape index (κ1) is 10.2. The molecule has 0 fully saturated rings. The lowest BCUT2D eigenvalue weighted by atomic mass is 9.79. The molecular weight excluding hydrogens is 200 g/mol. The standard InChI is InChI=1S/C14H18O2/c1-2-15-13-9-11-7-3-5-10-6-4-8-12(16-13)14(10)11/h4,6,8,11,13H,2-3,5,7,9H2,1H3/t11-,13+/m1/s1. The Bertz CT molecular complexity index is 386. The van der Waals surface area contributed by atoms with Gasteiger partial charge in [0.1, 0.15) is 5.75 Å². The van der Waals surface area contributed by atoms with Gasteiger partial charge in [0.2, 0.25) is 0 Å². The van der Waals surface area contributed by atoms with Crippen molar-refractivity contribution in [2.75, 3.05) is 6.61 Å². The van der Waals surface area contributed by atoms with E-state index >= 15 is 0 Å². The predicted molar refractivity (Wildman–Crippen MR) is 62.8 cm³/mol. The van der Waals surface area contributed by atoms with E-state index in [-0.39, 0.29) is 6.29 Å². The zero-order chi connectivity index (χ0) is 11.0. The topological polar surface area (TPSA) is 18.5 Å². The molecule has 0 amide bonds. The largest absolute Gasteiger partial charge is 0.465 e. The van der Waals surface area contributed by atoms with Crippen LogP contribution >= 0.6 is 0 Å². The second-order valence-electron chi connectivity index (χ2n) is 4.66. The monoisotopic (exact) mass is 218 g/mol. The normalized spacial score (nSPS) is 27.1. The van der Waals surface area contributed by atoms with E-state index in [9.17, 15) is 0 Å². The summed E-state index contributed by atoms with van der Waals surface area (Å²) in [5.74, 6) is 1.72. The summed E-state index contributed by atoms with van der Waals surface area (Å²) >= 11 is 0. The molecule has 0 radical (unpaired) electrons. The third-order valence-electron chi connectivity index (χ3n) is 3.65. The molecule has 3 rings (SSSR count). The molecule has 16 heavy (non-hydrogen) atoms. The van der Waals surface area contributed by atoms with Crippen molar-refractivity contribution in [3.05, 3.63) is 29.3 Å². The van der Waals surface area contributed by atoms with Crippen LogP contribution in [0.15, 0.2) is 18.2 Å². The first-order valence-electron chi connectivity index (χ1n) is 6.28. The van der Waals surface area contributed by atoms with Crippen molar-refractivity contribution in [2.45, 2.75) is 44.8 Å². The van der Waals surface area contributed by atoms with E-state index in [1.807, 2.05) is 6.92 Å². The maximum Gasteiger partial charge on any atom is 0.200 e. The lowest BCUT2D eigenvalue weighted by molar-refractivity contribution is -0.0928. The SMILES string of the molecule is CCO[C@@H]1C[C@H]2CCCc3cccc(c32)O1. The van der Waals surface area contributed by atoms with E-state index < -0.39 is 0 Å². The van der Waals surface area contributed by atoms with Crippen LogP contribution in [0.4, 0.5) is 0 Å². The minimum atomic E-state index is -0.0316. The zero-order valence-corrected chi connectivity index (χ0v) is 9.74. The summed E-state index contributed by atoms with van der Waals surface area (Å²) < 4.78 is 11.5. The lowest BCUT2D eigenvalue weighted by Gasteiger charge is -2.35. The maximum atomic E-state index is 5.90. The fraction of sp³-hybridized carbons (Fsp3) is 0.571. The Morgan fingerprint density at radius 2 is 2.38 bits per heavy atom. The van der Waals surface area contributed by atoms with Crippen molar-refractivity contribution in [1.29, 1.82) is 0 Å². The average Bonchev–Trinajstić information content (AvgIpc) is 2.30. The molecule has 2 heteroatoms. The quantitative estimate of drug-likeness (QED) is 0.758. The molecule has 0 spiro atoms. The Balaban J connectivity index is 1.96. The number of rotatable bonds is 2. The summed E-state index contributed by atoms with van der Waals surface area (Å²) in [4.78, 5) is 0. The van der Waals surface area contributed by atoms with Gasteiger partial charge in [-0.1, -0.05) is 12.1 Å². The highest BCUT2D eigenvalue weighted by atomic mass is 16.7. The third kappa shape index (κ3) is 1.61. The van der Waals surface area contributed by atoms with Gasteiger partial charge in [0.05, 0.1) is 0 Å². The number of hydrogen-bond donors (Lipinski definition) is 0. The molecule has 0 bridgehead atoms. The molecule has 86 valence electrons. The Labute approximate surface area is 96.6 Å². The second kappa shape index (κ2) is 4.10. The smallest absolute Gasteiger partial charge is 0.200 e. The van der Waals surface area contributed by atoms with Gasteiger partial charge in [0, 0.05) is 18.6 Å². The fourth-order valence-electron chi connectivity index (χ4n) is 3.00. The van der Waals surface area contributed by atoms with E-state index in [1.54, 1.807) is 0 Å². The molecule has 0 saturated heterocycles. The minimum Gasteiger partial charge on any atom is -0.465 e. The number of hydrogen-bond acceptors (Lipinski definition) is 2. The van der Waals surface area contributed by atoms with Gasteiger partial charge in [-0.05, 0) is 43.7 Å². The van der Waals surface area contributed by atoms with Crippen LogP contribution in [0, 0.1) is 0 Å². The van der Waals surface area contributed by atoms with Gasteiger partial charge >= 0.3 is 0 Å². The molecule has 1 aromatic carbocycles. The summed E-state index contributed by atoms with van der Waals surface area (Å²) in [5.41, 5.74) is 2.95. The molecule has 2 atom stereocenters. The summed E-state index contributed by atoms with van der Waals surface area (Å²) in [5, 5.41) is 0. The van der Waals surface area contributed by atoms with Crippen LogP contribution in [-0.4, -0.2) is 12.9 Å². The van der Waals surface area contributed by atoms with Gasteiger partial charge in [0.25, 0.3) is 0 Å². The van der Waals surface area contributed by atoms with Crippen LogP contribution in [0.1, 0.15) is 43.2 Å². The average molecular weight is 218 g/mol. The van der Waals surface area contributed by atoms with Crippen LogP contribution in [0.2, 0.25) is 0 Å². The molecule has 2 aliphatic rings. The van der Waals surface area contributed by atoms with E-state index in [0.29, 0.717) is 5.92 Å². The summed E-state index contributed by atoms with van der Waals surface area (Å²) in [6.45, 7) is 2.75. The molecule has 1 aliphatic heterocycles. The highest BCUT2D eigenvalue weighted by Gasteiger charge is 2.32. The van der Waals surface area contributed by atoms with E-state index in [2.05, 4.69) is 18.2 Å². The second-order valence-corrected chi connectivity index (χ2v) is 4.66. The number of ether oxygens (including phenoxy) is 2. The highest BCUT2D eigenvalue weighted by molar-refractivity contribution is 5.45. The van der Waals surface area contributed by atoms with Crippen LogP contribution < -0.4 is 4.74 Å². The molecule has 2 nitrogen and oxygen atoms in total. The summed E-state index contributed by atoms with van der Waals surface area (Å²) in [6.07, 6.45) is 4.80. The van der Waals surface area contributed by atoms with Crippen LogP contribution in [0.5, 0.6) is 5.75 Å². The maximum absolute atomic E-state index is 5.90. The lowest BCUT2D eigenvalue weighted by Crippen LogP contribution is -2.30. The molecule has 0 N–H and O–H groups in total. The predicted octanol–water partition coefficient (Wildman–Crippen LogP) is 3.25. The van der Waals surface area contributed by atoms with E-state index in [1.165, 1.54) is 30.4 Å². The zero-order valence-electron chi connectivity index (χ0n) is 9.74. The Kier molecular flexibility index (Phi) is 2.60. The van der Waals surface area contributed by atoms with Crippen molar-refractivity contribution in [2.24, 2.45) is 0 Å². The van der Waals surface area contributed by atoms with Crippen LogP contribution in [0.3, 0.4) is 0 Å². The van der Waals surface area contributed by atoms with Crippen molar-refractivity contribution < 1.29 is 9.47 Å². The number of benzene rings is 1. The van der Waals surface area contributed by atoms with Crippen molar-refractivity contribution in [1.82, 2.24) is 0 Å². The number of aryl methyl sites for hydroxylation is 1. The van der Waals surface area contributed by atoms with Gasteiger partial charge in [-0.2, -0.15) is 0 Å². The van der Waals surface area contributed by atoms with Gasteiger partial charge in [-0.25, -0.2) is 0 Å². The molecule has 0 saturated carbocycles.